The number of hydrogen-bond donors (Lipinski definition) is 3. The summed E-state index contributed by atoms with van der Waals surface area (Å²) in [7, 11) is 1.56. The van der Waals surface area contributed by atoms with Crippen molar-refractivity contribution in [3.63, 3.8) is 0 Å². The second-order valence-electron chi connectivity index (χ2n) is 7.54. The van der Waals surface area contributed by atoms with Crippen LogP contribution in [0.1, 0.15) is 41.5 Å². The van der Waals surface area contributed by atoms with Crippen LogP contribution < -0.4 is 15.4 Å². The lowest BCUT2D eigenvalue weighted by molar-refractivity contribution is 0.0635. The second-order valence-corrected chi connectivity index (χ2v) is 7.54. The van der Waals surface area contributed by atoms with Crippen molar-refractivity contribution in [1.82, 2.24) is 10.3 Å². The number of methoxy groups -OCH3 is 1. The number of aromatic nitrogens is 1. The standard InChI is InChI=1S/C20H19N3O5/c1-20(2,3)28-19(26)22-13-8-12-14(16-15(13)17(24)23-18(16)25)10-7-9(27-4)5-6-11(10)21-12/h5-8,21H,1-4H3,(H,22,26)(H,23,24,25). The minimum absolute atomic E-state index is 0.118. The minimum Gasteiger partial charge on any atom is -0.497 e. The van der Waals surface area contributed by atoms with Crippen LogP contribution in [-0.2, 0) is 4.74 Å². The number of aromatic amines is 1. The van der Waals surface area contributed by atoms with Crippen molar-refractivity contribution in [3.8, 4) is 5.75 Å². The molecule has 8 nitrogen and oxygen atoms in total. The van der Waals surface area contributed by atoms with Crippen LogP contribution in [0.25, 0.3) is 21.8 Å². The first-order valence-electron chi connectivity index (χ1n) is 8.70. The minimum atomic E-state index is -0.709. The molecule has 0 radical (unpaired) electrons. The molecule has 1 aromatic heterocycles. The zero-order valence-corrected chi connectivity index (χ0v) is 15.9. The summed E-state index contributed by atoms with van der Waals surface area (Å²) in [6, 6.07) is 7.05. The van der Waals surface area contributed by atoms with E-state index in [4.69, 9.17) is 9.47 Å². The Morgan fingerprint density at radius 1 is 1.04 bits per heavy atom. The van der Waals surface area contributed by atoms with Gasteiger partial charge in [-0.3, -0.25) is 20.2 Å². The van der Waals surface area contributed by atoms with Gasteiger partial charge in [-0.2, -0.15) is 0 Å². The summed E-state index contributed by atoms with van der Waals surface area (Å²) in [6.45, 7) is 5.21. The van der Waals surface area contributed by atoms with Crippen molar-refractivity contribution in [3.05, 3.63) is 35.4 Å². The predicted octanol–water partition coefficient (Wildman–Crippen LogP) is 3.56. The van der Waals surface area contributed by atoms with Crippen molar-refractivity contribution < 1.29 is 23.9 Å². The molecule has 0 bridgehead atoms. The van der Waals surface area contributed by atoms with Crippen LogP contribution in [0.15, 0.2) is 24.3 Å². The van der Waals surface area contributed by atoms with E-state index in [2.05, 4.69) is 15.6 Å². The van der Waals surface area contributed by atoms with Crippen molar-refractivity contribution in [1.29, 1.82) is 0 Å². The van der Waals surface area contributed by atoms with Gasteiger partial charge in [-0.1, -0.05) is 0 Å². The average molecular weight is 381 g/mol. The Balaban J connectivity index is 1.95. The first-order valence-corrected chi connectivity index (χ1v) is 8.70. The number of nitrogens with one attached hydrogen (secondary N) is 3. The van der Waals surface area contributed by atoms with Gasteiger partial charge in [0.15, 0.2) is 0 Å². The van der Waals surface area contributed by atoms with Crippen molar-refractivity contribution in [2.75, 3.05) is 12.4 Å². The number of carbonyl (C=O) groups is 3. The second kappa shape index (κ2) is 5.98. The molecule has 3 N–H and O–H groups in total. The lowest BCUT2D eigenvalue weighted by Crippen LogP contribution is -2.28. The number of hydrogen-bond acceptors (Lipinski definition) is 5. The number of anilines is 1. The molecule has 2 aromatic carbocycles. The van der Waals surface area contributed by atoms with Crippen LogP contribution in [0.2, 0.25) is 0 Å². The van der Waals surface area contributed by atoms with Gasteiger partial charge in [0.1, 0.15) is 11.4 Å². The highest BCUT2D eigenvalue weighted by Crippen LogP contribution is 2.38. The fourth-order valence-electron chi connectivity index (χ4n) is 3.38. The average Bonchev–Trinajstić information content (AvgIpc) is 3.09. The van der Waals surface area contributed by atoms with Crippen LogP contribution >= 0.6 is 0 Å². The van der Waals surface area contributed by atoms with E-state index in [1.807, 2.05) is 6.07 Å². The normalized spacial score (nSPS) is 13.6. The van der Waals surface area contributed by atoms with E-state index >= 15 is 0 Å². The number of amides is 3. The van der Waals surface area contributed by atoms with E-state index in [0.29, 0.717) is 16.7 Å². The summed E-state index contributed by atoms with van der Waals surface area (Å²) < 4.78 is 10.5. The smallest absolute Gasteiger partial charge is 0.412 e. The van der Waals surface area contributed by atoms with Crippen LogP contribution in [0.5, 0.6) is 5.75 Å². The van der Waals surface area contributed by atoms with E-state index in [-0.39, 0.29) is 16.8 Å². The summed E-state index contributed by atoms with van der Waals surface area (Å²) in [5.41, 5.74) is 1.23. The number of rotatable bonds is 2. The number of ether oxygens (including phenoxy) is 2. The summed E-state index contributed by atoms with van der Waals surface area (Å²) in [4.78, 5) is 40.4. The number of imide groups is 1. The van der Waals surface area contributed by atoms with Gasteiger partial charge in [0.05, 0.1) is 23.9 Å². The molecule has 1 aliphatic rings. The molecule has 3 aromatic rings. The van der Waals surface area contributed by atoms with Gasteiger partial charge in [0.25, 0.3) is 11.8 Å². The maximum atomic E-state index is 12.5. The van der Waals surface area contributed by atoms with Gasteiger partial charge in [-0.25, -0.2) is 4.79 Å². The third-order valence-corrected chi connectivity index (χ3v) is 4.41. The van der Waals surface area contributed by atoms with Crippen molar-refractivity contribution in [2.45, 2.75) is 26.4 Å². The maximum Gasteiger partial charge on any atom is 0.412 e. The van der Waals surface area contributed by atoms with E-state index in [1.54, 1.807) is 46.1 Å². The molecule has 3 amide bonds. The molecule has 0 spiro atoms. The Hall–Kier alpha value is -3.55. The summed E-state index contributed by atoms with van der Waals surface area (Å²) in [5.74, 6) is -0.449. The van der Waals surface area contributed by atoms with Gasteiger partial charge >= 0.3 is 6.09 Å². The number of H-pyrrole nitrogens is 1. The highest BCUT2D eigenvalue weighted by molar-refractivity contribution is 6.32. The molecule has 8 heteroatoms. The quantitative estimate of drug-likeness (QED) is 0.588. The molecule has 28 heavy (non-hydrogen) atoms. The van der Waals surface area contributed by atoms with Crippen LogP contribution in [0.4, 0.5) is 10.5 Å². The largest absolute Gasteiger partial charge is 0.497 e. The fourth-order valence-corrected chi connectivity index (χ4v) is 3.38. The maximum absolute atomic E-state index is 12.5. The zero-order chi connectivity index (χ0) is 20.2. The molecule has 0 saturated carbocycles. The Morgan fingerprint density at radius 2 is 1.75 bits per heavy atom. The molecule has 0 atom stereocenters. The van der Waals surface area contributed by atoms with E-state index in [9.17, 15) is 14.4 Å². The molecule has 4 rings (SSSR count). The van der Waals surface area contributed by atoms with Crippen LogP contribution in [0.3, 0.4) is 0 Å². The molecule has 0 unspecified atom stereocenters. The molecule has 144 valence electrons. The number of carbonyl (C=O) groups excluding carboxylic acids is 3. The summed E-state index contributed by atoms with van der Waals surface area (Å²) >= 11 is 0. The van der Waals surface area contributed by atoms with Gasteiger partial charge in [0.2, 0.25) is 0 Å². The van der Waals surface area contributed by atoms with E-state index < -0.39 is 23.5 Å². The highest BCUT2D eigenvalue weighted by Gasteiger charge is 2.34. The van der Waals surface area contributed by atoms with Crippen molar-refractivity contribution in [2.24, 2.45) is 0 Å². The Morgan fingerprint density at radius 3 is 2.43 bits per heavy atom. The van der Waals surface area contributed by atoms with Gasteiger partial charge in [-0.05, 0) is 45.0 Å². The first-order chi connectivity index (χ1) is 13.2. The predicted molar refractivity (Wildman–Crippen MR) is 104 cm³/mol. The van der Waals surface area contributed by atoms with Crippen molar-refractivity contribution >= 4 is 45.4 Å². The van der Waals surface area contributed by atoms with Crippen LogP contribution in [0, 0.1) is 0 Å². The summed E-state index contributed by atoms with van der Waals surface area (Å²) in [5, 5.41) is 6.24. The lowest BCUT2D eigenvalue weighted by Gasteiger charge is -2.20. The highest BCUT2D eigenvalue weighted by atomic mass is 16.6. The van der Waals surface area contributed by atoms with E-state index in [0.717, 1.165) is 10.9 Å². The third kappa shape index (κ3) is 2.83. The van der Waals surface area contributed by atoms with Gasteiger partial charge in [0, 0.05) is 21.8 Å². The molecule has 0 saturated heterocycles. The summed E-state index contributed by atoms with van der Waals surface area (Å²) in [6.07, 6.45) is -0.709. The molecule has 0 aliphatic carbocycles. The first kappa shape index (κ1) is 17.8. The fraction of sp³-hybridized carbons (Fsp3) is 0.250. The Bertz CT molecular complexity index is 1170. The lowest BCUT2D eigenvalue weighted by atomic mass is 10.00. The molecule has 0 fully saturated rings. The number of benzene rings is 2. The van der Waals surface area contributed by atoms with Crippen LogP contribution in [-0.4, -0.2) is 35.6 Å². The van der Waals surface area contributed by atoms with Gasteiger partial charge in [-0.15, -0.1) is 0 Å². The Labute approximate surface area is 160 Å². The Kier molecular flexibility index (Phi) is 3.81. The molecular formula is C20H19N3O5. The monoisotopic (exact) mass is 381 g/mol. The molecule has 1 aliphatic heterocycles. The molecule has 2 heterocycles. The topological polar surface area (TPSA) is 110 Å². The van der Waals surface area contributed by atoms with E-state index in [1.165, 1.54) is 0 Å². The molecular weight excluding hydrogens is 362 g/mol. The van der Waals surface area contributed by atoms with Gasteiger partial charge < -0.3 is 14.5 Å². The third-order valence-electron chi connectivity index (χ3n) is 4.41. The number of fused-ring (bicyclic) bond motifs is 5. The zero-order valence-electron chi connectivity index (χ0n) is 15.9. The SMILES string of the molecule is COc1ccc2[nH]c3cc(NC(=O)OC(C)(C)C)c4c(c3c2c1)C(=O)NC4=O.